The van der Waals surface area contributed by atoms with Gasteiger partial charge in [0.2, 0.25) is 5.91 Å². The lowest BCUT2D eigenvalue weighted by molar-refractivity contribution is -0.136. The van der Waals surface area contributed by atoms with Gasteiger partial charge >= 0.3 is 0 Å². The van der Waals surface area contributed by atoms with Crippen LogP contribution in [0.1, 0.15) is 42.6 Å². The number of likely N-dealkylation sites (tertiary alicyclic amines) is 2. The number of amides is 2. The van der Waals surface area contributed by atoms with E-state index in [1.54, 1.807) is 24.0 Å². The van der Waals surface area contributed by atoms with E-state index < -0.39 is 0 Å². The summed E-state index contributed by atoms with van der Waals surface area (Å²) in [4.78, 5) is 28.7. The lowest BCUT2D eigenvalue weighted by Gasteiger charge is -2.37. The topological polar surface area (TPSA) is 60.9 Å². The Labute approximate surface area is 166 Å². The maximum absolute atomic E-state index is 13.9. The molecule has 0 radical (unpaired) electrons. The van der Waals surface area contributed by atoms with Gasteiger partial charge in [-0.1, -0.05) is 19.9 Å². The monoisotopic (exact) mass is 390 g/mol. The van der Waals surface area contributed by atoms with Crippen molar-refractivity contribution in [3.05, 3.63) is 35.1 Å². The van der Waals surface area contributed by atoms with Gasteiger partial charge in [0.15, 0.2) is 0 Å². The number of aliphatic hydroxyl groups excluding tert-OH is 1. The number of carbonyl (C=O) groups excluding carboxylic acids is 2. The lowest BCUT2D eigenvalue weighted by atomic mass is 9.78. The molecule has 1 N–H and O–H groups in total. The van der Waals surface area contributed by atoms with Crippen LogP contribution in [-0.4, -0.2) is 59.5 Å². The molecule has 2 heterocycles. The number of hydrogen-bond donors (Lipinski definition) is 1. The van der Waals surface area contributed by atoms with Crippen LogP contribution in [0.3, 0.4) is 0 Å². The van der Waals surface area contributed by atoms with Gasteiger partial charge in [-0.3, -0.25) is 9.59 Å². The molecule has 0 saturated carbocycles. The van der Waals surface area contributed by atoms with Gasteiger partial charge in [-0.25, -0.2) is 4.39 Å². The highest BCUT2D eigenvalue weighted by Crippen LogP contribution is 2.36. The molecule has 6 heteroatoms. The lowest BCUT2D eigenvalue weighted by Crippen LogP contribution is -2.43. The quantitative estimate of drug-likeness (QED) is 0.860. The van der Waals surface area contributed by atoms with E-state index in [1.165, 1.54) is 6.07 Å². The fraction of sp³-hybridized carbons (Fsp3) is 0.636. The van der Waals surface area contributed by atoms with E-state index in [2.05, 4.69) is 0 Å². The van der Waals surface area contributed by atoms with Gasteiger partial charge in [-0.2, -0.15) is 0 Å². The molecule has 2 fully saturated rings. The molecule has 2 atom stereocenters. The predicted octanol–water partition coefficient (Wildman–Crippen LogP) is 2.71. The van der Waals surface area contributed by atoms with E-state index >= 15 is 0 Å². The molecule has 3 rings (SSSR count). The van der Waals surface area contributed by atoms with Crippen LogP contribution in [-0.2, 0) is 4.79 Å². The van der Waals surface area contributed by atoms with Crippen molar-refractivity contribution >= 4 is 11.8 Å². The number of nitrogens with zero attached hydrogens (tertiary/aromatic N) is 2. The summed E-state index contributed by atoms with van der Waals surface area (Å²) in [7, 11) is 0. The molecule has 1 aromatic carbocycles. The Hall–Kier alpha value is -1.95. The van der Waals surface area contributed by atoms with Gasteiger partial charge in [0, 0.05) is 50.2 Å². The van der Waals surface area contributed by atoms with Crippen molar-refractivity contribution in [1.82, 2.24) is 9.80 Å². The van der Waals surface area contributed by atoms with Crippen LogP contribution in [0.5, 0.6) is 0 Å². The molecule has 0 spiro atoms. The molecule has 5 nitrogen and oxygen atoms in total. The molecule has 0 aliphatic carbocycles. The van der Waals surface area contributed by atoms with E-state index in [0.29, 0.717) is 30.1 Å². The standard InChI is InChI=1S/C22H31FN2O3/c1-14(2)21(27)24-8-6-16(7-9-24)19-12-25(11-18(19)13-26)22(28)17-5-4-15(3)20(23)10-17/h4-5,10,14,16,18-19,26H,6-9,11-13H2,1-3H3/t18-,19-/m0/s1. The molecule has 154 valence electrons. The van der Waals surface area contributed by atoms with Gasteiger partial charge in [0.1, 0.15) is 5.82 Å². The zero-order chi connectivity index (χ0) is 20.4. The van der Waals surface area contributed by atoms with E-state index in [9.17, 15) is 19.1 Å². The third kappa shape index (κ3) is 4.22. The number of hydrogen-bond acceptors (Lipinski definition) is 3. The summed E-state index contributed by atoms with van der Waals surface area (Å²) in [6.45, 7) is 8.13. The summed E-state index contributed by atoms with van der Waals surface area (Å²) in [6, 6.07) is 4.59. The Balaban J connectivity index is 1.64. The first-order valence-corrected chi connectivity index (χ1v) is 10.3. The van der Waals surface area contributed by atoms with Gasteiger partial charge in [0.05, 0.1) is 0 Å². The van der Waals surface area contributed by atoms with Gasteiger partial charge < -0.3 is 14.9 Å². The third-order valence-corrected chi connectivity index (χ3v) is 6.38. The third-order valence-electron chi connectivity index (χ3n) is 6.38. The van der Waals surface area contributed by atoms with Crippen LogP contribution in [0.4, 0.5) is 4.39 Å². The number of aryl methyl sites for hydroxylation is 1. The van der Waals surface area contributed by atoms with E-state index in [-0.39, 0.29) is 42.0 Å². The number of benzene rings is 1. The van der Waals surface area contributed by atoms with Crippen molar-refractivity contribution in [1.29, 1.82) is 0 Å². The second kappa shape index (κ2) is 8.60. The normalized spacial score (nSPS) is 23.5. The summed E-state index contributed by atoms with van der Waals surface area (Å²) in [6.07, 6.45) is 1.81. The minimum absolute atomic E-state index is 0.0104. The Morgan fingerprint density at radius 3 is 2.43 bits per heavy atom. The maximum Gasteiger partial charge on any atom is 0.253 e. The molecule has 0 unspecified atom stereocenters. The number of halogens is 1. The number of piperidine rings is 1. The number of aliphatic hydroxyl groups is 1. The molecule has 2 saturated heterocycles. The molecular weight excluding hydrogens is 359 g/mol. The van der Waals surface area contributed by atoms with Crippen molar-refractivity contribution in [3.63, 3.8) is 0 Å². The highest BCUT2D eigenvalue weighted by Gasteiger charge is 2.41. The minimum Gasteiger partial charge on any atom is -0.396 e. The van der Waals surface area contributed by atoms with Crippen molar-refractivity contribution in [2.75, 3.05) is 32.8 Å². The zero-order valence-corrected chi connectivity index (χ0v) is 17.0. The van der Waals surface area contributed by atoms with Crippen molar-refractivity contribution in [2.24, 2.45) is 23.7 Å². The average molecular weight is 390 g/mol. The smallest absolute Gasteiger partial charge is 0.253 e. The highest BCUT2D eigenvalue weighted by molar-refractivity contribution is 5.94. The first-order chi connectivity index (χ1) is 13.3. The van der Waals surface area contributed by atoms with Crippen LogP contribution in [0, 0.1) is 36.4 Å². The van der Waals surface area contributed by atoms with Crippen LogP contribution in [0.15, 0.2) is 18.2 Å². The first kappa shape index (κ1) is 20.8. The summed E-state index contributed by atoms with van der Waals surface area (Å²) in [5.41, 5.74) is 0.879. The molecule has 1 aromatic rings. The fourth-order valence-electron chi connectivity index (χ4n) is 4.61. The molecular formula is C22H31FN2O3. The van der Waals surface area contributed by atoms with Gasteiger partial charge in [0.25, 0.3) is 5.91 Å². The fourth-order valence-corrected chi connectivity index (χ4v) is 4.61. The predicted molar refractivity (Wildman–Crippen MR) is 105 cm³/mol. The van der Waals surface area contributed by atoms with Crippen LogP contribution < -0.4 is 0 Å². The van der Waals surface area contributed by atoms with E-state index in [4.69, 9.17) is 0 Å². The summed E-state index contributed by atoms with van der Waals surface area (Å²) in [5.74, 6) is 0.311. The van der Waals surface area contributed by atoms with E-state index in [0.717, 1.165) is 25.9 Å². The SMILES string of the molecule is Cc1ccc(C(=O)N2C[C@@H](CO)[C@H](C3CCN(C(=O)C(C)C)CC3)C2)cc1F. The molecule has 2 aliphatic rings. The molecule has 2 aliphatic heterocycles. The zero-order valence-electron chi connectivity index (χ0n) is 17.0. The molecule has 0 aromatic heterocycles. The van der Waals surface area contributed by atoms with Gasteiger partial charge in [-0.05, 0) is 49.3 Å². The molecule has 28 heavy (non-hydrogen) atoms. The van der Waals surface area contributed by atoms with E-state index in [1.807, 2.05) is 18.7 Å². The van der Waals surface area contributed by atoms with Crippen LogP contribution >= 0.6 is 0 Å². The van der Waals surface area contributed by atoms with Gasteiger partial charge in [-0.15, -0.1) is 0 Å². The molecule has 0 bridgehead atoms. The van der Waals surface area contributed by atoms with Crippen LogP contribution in [0.2, 0.25) is 0 Å². The Bertz CT molecular complexity index is 728. The first-order valence-electron chi connectivity index (χ1n) is 10.3. The van der Waals surface area contributed by atoms with Crippen molar-refractivity contribution < 1.29 is 19.1 Å². The largest absolute Gasteiger partial charge is 0.396 e. The Morgan fingerprint density at radius 2 is 1.86 bits per heavy atom. The second-order valence-electron chi connectivity index (χ2n) is 8.60. The Morgan fingerprint density at radius 1 is 1.18 bits per heavy atom. The minimum atomic E-state index is -0.373. The van der Waals surface area contributed by atoms with Crippen LogP contribution in [0.25, 0.3) is 0 Å². The molecule has 2 amide bonds. The number of rotatable bonds is 4. The summed E-state index contributed by atoms with van der Waals surface area (Å²) < 4.78 is 13.9. The van der Waals surface area contributed by atoms with Crippen molar-refractivity contribution in [2.45, 2.75) is 33.6 Å². The van der Waals surface area contributed by atoms with Crippen molar-refractivity contribution in [3.8, 4) is 0 Å². The number of carbonyl (C=O) groups is 2. The Kier molecular flexibility index (Phi) is 6.38. The average Bonchev–Trinajstić information content (AvgIpc) is 3.13. The maximum atomic E-state index is 13.9. The summed E-state index contributed by atoms with van der Waals surface area (Å²) in [5, 5.41) is 9.87. The summed E-state index contributed by atoms with van der Waals surface area (Å²) >= 11 is 0. The second-order valence-corrected chi connectivity index (χ2v) is 8.60. The highest BCUT2D eigenvalue weighted by atomic mass is 19.1.